The molecule has 1 aromatic carbocycles. The van der Waals surface area contributed by atoms with Gasteiger partial charge < -0.3 is 10.1 Å². The molecule has 0 radical (unpaired) electrons. The Bertz CT molecular complexity index is 1030. The number of hydrogen-bond acceptors (Lipinski definition) is 4. The van der Waals surface area contributed by atoms with Crippen LogP contribution in [0, 0.1) is 12.8 Å². The number of aryl methyl sites for hydroxylation is 1. The van der Waals surface area contributed by atoms with Gasteiger partial charge in [0.1, 0.15) is 11.5 Å². The first kappa shape index (κ1) is 21.1. The summed E-state index contributed by atoms with van der Waals surface area (Å²) >= 11 is 0. The van der Waals surface area contributed by atoms with Crippen LogP contribution < -0.4 is 10.6 Å². The molecule has 3 aromatic rings. The molecule has 2 heterocycles. The van der Waals surface area contributed by atoms with Gasteiger partial charge in [0.05, 0.1) is 11.9 Å². The van der Waals surface area contributed by atoms with E-state index in [1.54, 1.807) is 22.7 Å². The first-order chi connectivity index (χ1) is 15.0. The van der Waals surface area contributed by atoms with Crippen LogP contribution in [0.15, 0.2) is 42.7 Å². The van der Waals surface area contributed by atoms with Crippen molar-refractivity contribution in [3.63, 3.8) is 0 Å². The lowest BCUT2D eigenvalue weighted by molar-refractivity contribution is 0.177. The first-order valence-electron chi connectivity index (χ1n) is 10.8. The van der Waals surface area contributed by atoms with Gasteiger partial charge in [-0.05, 0) is 50.7 Å². The zero-order chi connectivity index (χ0) is 21.8. The number of anilines is 1. The Balaban J connectivity index is 1.54. The van der Waals surface area contributed by atoms with Gasteiger partial charge in [-0.25, -0.2) is 9.48 Å². The molecule has 0 spiro atoms. The van der Waals surface area contributed by atoms with Gasteiger partial charge >= 0.3 is 6.03 Å². The van der Waals surface area contributed by atoms with Gasteiger partial charge in [-0.2, -0.15) is 10.2 Å². The highest BCUT2D eigenvalue weighted by molar-refractivity contribution is 5.91. The van der Waals surface area contributed by atoms with Crippen molar-refractivity contribution in [2.45, 2.75) is 38.6 Å². The number of methoxy groups -OCH3 is 1. The number of para-hydroxylation sites is 1. The molecular weight excluding hydrogens is 392 g/mol. The lowest BCUT2D eigenvalue weighted by Gasteiger charge is -2.15. The van der Waals surface area contributed by atoms with E-state index >= 15 is 0 Å². The molecule has 31 heavy (non-hydrogen) atoms. The summed E-state index contributed by atoms with van der Waals surface area (Å²) in [6.45, 7) is 2.75. The molecule has 164 valence electrons. The Labute approximate surface area is 182 Å². The minimum absolute atomic E-state index is 0.188. The van der Waals surface area contributed by atoms with E-state index in [4.69, 9.17) is 9.84 Å². The van der Waals surface area contributed by atoms with Crippen LogP contribution in [0.1, 0.15) is 31.2 Å². The average molecular weight is 423 g/mol. The second kappa shape index (κ2) is 9.34. The number of benzene rings is 1. The van der Waals surface area contributed by atoms with Gasteiger partial charge in [0.2, 0.25) is 0 Å². The number of carbonyl (C=O) groups excluding carboxylic acids is 1. The molecule has 2 amide bonds. The molecule has 1 fully saturated rings. The normalized spacial score (nSPS) is 18.3. The number of carbonyl (C=O) groups is 1. The van der Waals surface area contributed by atoms with Crippen LogP contribution >= 0.6 is 0 Å². The molecule has 2 atom stereocenters. The predicted molar refractivity (Wildman–Crippen MR) is 120 cm³/mol. The smallest absolute Gasteiger partial charge is 0.320 e. The summed E-state index contributed by atoms with van der Waals surface area (Å²) in [6.07, 6.45) is 7.87. The van der Waals surface area contributed by atoms with E-state index in [1.807, 2.05) is 50.5 Å². The van der Waals surface area contributed by atoms with Gasteiger partial charge in [-0.1, -0.05) is 18.2 Å². The van der Waals surface area contributed by atoms with Gasteiger partial charge in [-0.3, -0.25) is 10.00 Å². The number of hydrogen-bond donors (Lipinski definition) is 2. The molecule has 2 N–H and O–H groups in total. The molecule has 8 heteroatoms. The summed E-state index contributed by atoms with van der Waals surface area (Å²) in [5.41, 5.74) is 3.50. The minimum Gasteiger partial charge on any atom is -0.385 e. The van der Waals surface area contributed by atoms with Crippen LogP contribution in [0.5, 0.6) is 0 Å². The number of rotatable bonds is 7. The van der Waals surface area contributed by atoms with Crippen LogP contribution in [-0.2, 0) is 11.8 Å². The maximum absolute atomic E-state index is 12.9. The Hall–Kier alpha value is -3.13. The Morgan fingerprint density at radius 3 is 2.77 bits per heavy atom. The fourth-order valence-corrected chi connectivity index (χ4v) is 4.30. The predicted octanol–water partition coefficient (Wildman–Crippen LogP) is 3.91. The largest absolute Gasteiger partial charge is 0.385 e. The summed E-state index contributed by atoms with van der Waals surface area (Å²) in [4.78, 5) is 12.9. The highest BCUT2D eigenvalue weighted by Crippen LogP contribution is 2.31. The summed E-state index contributed by atoms with van der Waals surface area (Å²) in [6, 6.07) is 9.81. The molecule has 1 saturated carbocycles. The Morgan fingerprint density at radius 1 is 1.26 bits per heavy atom. The summed E-state index contributed by atoms with van der Waals surface area (Å²) in [5, 5.41) is 15.3. The number of amides is 2. The van der Waals surface area contributed by atoms with E-state index in [1.165, 1.54) is 0 Å². The van der Waals surface area contributed by atoms with Crippen molar-refractivity contribution in [1.82, 2.24) is 24.9 Å². The quantitative estimate of drug-likeness (QED) is 0.604. The number of urea groups is 1. The standard InChI is InChI=1S/C23H30N6O2/c1-16-21(18-14-24-28(2)15-18)27-29(20-7-5-4-6-8-20)22(16)26-23(30)25-19-10-9-17(13-19)11-12-31-3/h4-8,14-15,17,19H,9-13H2,1-3H3,(H2,25,26,30). The van der Waals surface area contributed by atoms with Crippen molar-refractivity contribution in [3.05, 3.63) is 48.3 Å². The minimum atomic E-state index is -0.199. The third-order valence-corrected chi connectivity index (χ3v) is 5.94. The Morgan fingerprint density at radius 2 is 2.06 bits per heavy atom. The van der Waals surface area contributed by atoms with Gasteiger partial charge in [0, 0.05) is 44.1 Å². The Kier molecular flexibility index (Phi) is 6.36. The van der Waals surface area contributed by atoms with E-state index in [9.17, 15) is 4.79 Å². The molecule has 0 saturated heterocycles. The van der Waals surface area contributed by atoms with E-state index in [0.717, 1.165) is 54.8 Å². The van der Waals surface area contributed by atoms with Crippen molar-refractivity contribution >= 4 is 11.8 Å². The first-order valence-corrected chi connectivity index (χ1v) is 10.8. The van der Waals surface area contributed by atoms with Crippen molar-refractivity contribution < 1.29 is 9.53 Å². The lowest BCUT2D eigenvalue weighted by Crippen LogP contribution is -2.37. The maximum atomic E-state index is 12.9. The molecular formula is C23H30N6O2. The van der Waals surface area contributed by atoms with Crippen molar-refractivity contribution in [3.8, 4) is 16.9 Å². The number of nitrogens with zero attached hydrogens (tertiary/aromatic N) is 4. The highest BCUT2D eigenvalue weighted by Gasteiger charge is 2.26. The highest BCUT2D eigenvalue weighted by atomic mass is 16.5. The fraction of sp³-hybridized carbons (Fsp3) is 0.435. The summed E-state index contributed by atoms with van der Waals surface area (Å²) in [7, 11) is 3.61. The molecule has 4 rings (SSSR count). The van der Waals surface area contributed by atoms with Crippen LogP contribution in [0.25, 0.3) is 16.9 Å². The zero-order valence-electron chi connectivity index (χ0n) is 18.3. The lowest BCUT2D eigenvalue weighted by atomic mass is 10.0. The molecule has 0 aliphatic heterocycles. The topological polar surface area (TPSA) is 86.0 Å². The van der Waals surface area contributed by atoms with Crippen molar-refractivity contribution in [2.75, 3.05) is 19.0 Å². The van der Waals surface area contributed by atoms with Crippen LogP contribution in [0.4, 0.5) is 10.6 Å². The van der Waals surface area contributed by atoms with E-state index in [2.05, 4.69) is 15.7 Å². The molecule has 1 aliphatic carbocycles. The van der Waals surface area contributed by atoms with E-state index in [0.29, 0.717) is 11.7 Å². The molecule has 2 aromatic heterocycles. The molecule has 8 nitrogen and oxygen atoms in total. The summed E-state index contributed by atoms with van der Waals surface area (Å²) < 4.78 is 8.72. The fourth-order valence-electron chi connectivity index (χ4n) is 4.30. The number of ether oxygens (including phenoxy) is 1. The van der Waals surface area contributed by atoms with Crippen LogP contribution in [0.3, 0.4) is 0 Å². The van der Waals surface area contributed by atoms with E-state index < -0.39 is 0 Å². The monoisotopic (exact) mass is 422 g/mol. The third-order valence-electron chi connectivity index (χ3n) is 5.94. The molecule has 2 unspecified atom stereocenters. The van der Waals surface area contributed by atoms with Crippen LogP contribution in [0.2, 0.25) is 0 Å². The average Bonchev–Trinajstić information content (AvgIpc) is 3.47. The second-order valence-corrected chi connectivity index (χ2v) is 8.23. The second-order valence-electron chi connectivity index (χ2n) is 8.23. The molecule has 0 bridgehead atoms. The maximum Gasteiger partial charge on any atom is 0.320 e. The van der Waals surface area contributed by atoms with Crippen molar-refractivity contribution in [2.24, 2.45) is 13.0 Å². The third kappa shape index (κ3) is 4.80. The van der Waals surface area contributed by atoms with Gasteiger partial charge in [0.25, 0.3) is 0 Å². The van der Waals surface area contributed by atoms with Crippen LogP contribution in [-0.4, -0.2) is 45.4 Å². The number of nitrogens with one attached hydrogen (secondary N) is 2. The van der Waals surface area contributed by atoms with Gasteiger partial charge in [0.15, 0.2) is 0 Å². The zero-order valence-corrected chi connectivity index (χ0v) is 18.3. The summed E-state index contributed by atoms with van der Waals surface area (Å²) in [5.74, 6) is 1.27. The van der Waals surface area contributed by atoms with E-state index in [-0.39, 0.29) is 12.1 Å². The van der Waals surface area contributed by atoms with Gasteiger partial charge in [-0.15, -0.1) is 0 Å². The van der Waals surface area contributed by atoms with Crippen molar-refractivity contribution in [1.29, 1.82) is 0 Å². The molecule has 1 aliphatic rings. The SMILES string of the molecule is COCCC1CCC(NC(=O)Nc2c(C)c(-c3cnn(C)c3)nn2-c2ccccc2)C1. The number of aromatic nitrogens is 4.